The van der Waals surface area contributed by atoms with E-state index in [9.17, 15) is 0 Å². The molecule has 3 heteroatoms. The van der Waals surface area contributed by atoms with Crippen LogP contribution < -0.4 is 9.47 Å². The number of hydrogen-bond acceptors (Lipinski definition) is 3. The summed E-state index contributed by atoms with van der Waals surface area (Å²) < 4.78 is 9.85. The van der Waals surface area contributed by atoms with E-state index in [-0.39, 0.29) is 0 Å². The van der Waals surface area contributed by atoms with Gasteiger partial charge in [-0.1, -0.05) is 0 Å². The molecule has 0 N–H and O–H groups in total. The quantitative estimate of drug-likeness (QED) is 0.638. The van der Waals surface area contributed by atoms with Crippen LogP contribution in [0.2, 0.25) is 0 Å². The highest BCUT2D eigenvalue weighted by molar-refractivity contribution is 5.27. The summed E-state index contributed by atoms with van der Waals surface area (Å²) in [5.74, 6) is 1.11. The molecule has 0 amide bonds. The van der Waals surface area contributed by atoms with E-state index in [2.05, 4.69) is 11.1 Å². The zero-order chi connectivity index (χ0) is 8.27. The number of ether oxygens (including phenoxy) is 2. The first-order chi connectivity index (χ1) is 5.26. The van der Waals surface area contributed by atoms with Crippen LogP contribution in [0.25, 0.3) is 0 Å². The molecule has 0 saturated heterocycles. The van der Waals surface area contributed by atoms with E-state index in [0.29, 0.717) is 11.6 Å². The average molecular weight is 152 g/mol. The summed E-state index contributed by atoms with van der Waals surface area (Å²) in [5.41, 5.74) is 0.859. The topological polar surface area (TPSA) is 31.4 Å². The molecule has 1 radical (unpaired) electrons. The van der Waals surface area contributed by atoms with Crippen molar-refractivity contribution in [1.82, 2.24) is 4.98 Å². The van der Waals surface area contributed by atoms with E-state index in [0.717, 1.165) is 5.69 Å². The van der Waals surface area contributed by atoms with Gasteiger partial charge in [-0.2, -0.15) is 0 Å². The second-order valence-electron chi connectivity index (χ2n) is 2.10. The van der Waals surface area contributed by atoms with Crippen LogP contribution in [0, 0.1) is 13.0 Å². The predicted molar refractivity (Wildman–Crippen MR) is 40.9 cm³/mol. The summed E-state index contributed by atoms with van der Waals surface area (Å²) >= 11 is 0. The normalized spacial score (nSPS) is 9.36. The summed E-state index contributed by atoms with van der Waals surface area (Å²) in [4.78, 5) is 4.04. The highest BCUT2D eigenvalue weighted by Gasteiger charge is 1.99. The SMILES string of the molecule is COc1[c]c(OC)nc(C)c1. The maximum atomic E-state index is 4.96. The summed E-state index contributed by atoms with van der Waals surface area (Å²) in [6.07, 6.45) is 0. The minimum absolute atomic E-state index is 0.460. The lowest BCUT2D eigenvalue weighted by atomic mass is 10.3. The maximum absolute atomic E-state index is 4.96. The highest BCUT2D eigenvalue weighted by Crippen LogP contribution is 2.16. The van der Waals surface area contributed by atoms with Crippen molar-refractivity contribution < 1.29 is 9.47 Å². The lowest BCUT2D eigenvalue weighted by molar-refractivity contribution is 0.379. The monoisotopic (exact) mass is 152 g/mol. The third kappa shape index (κ3) is 1.83. The van der Waals surface area contributed by atoms with Gasteiger partial charge >= 0.3 is 0 Å². The van der Waals surface area contributed by atoms with Gasteiger partial charge in [-0.25, -0.2) is 4.98 Å². The summed E-state index contributed by atoms with van der Waals surface area (Å²) in [5, 5.41) is 0. The van der Waals surface area contributed by atoms with Crippen LogP contribution in [0.1, 0.15) is 5.69 Å². The molecule has 0 unspecified atom stereocenters. The van der Waals surface area contributed by atoms with Crippen LogP contribution in [0.5, 0.6) is 11.6 Å². The Balaban J connectivity index is 3.02. The molecule has 1 heterocycles. The number of nitrogens with zero attached hydrogens (tertiary/aromatic N) is 1. The fourth-order valence-electron chi connectivity index (χ4n) is 0.758. The third-order valence-electron chi connectivity index (χ3n) is 1.26. The van der Waals surface area contributed by atoms with Gasteiger partial charge in [-0.15, -0.1) is 0 Å². The van der Waals surface area contributed by atoms with Gasteiger partial charge in [-0.05, 0) is 6.92 Å². The fraction of sp³-hybridized carbons (Fsp3) is 0.375. The van der Waals surface area contributed by atoms with Gasteiger partial charge in [-0.3, -0.25) is 0 Å². The van der Waals surface area contributed by atoms with Crippen molar-refractivity contribution in [3.8, 4) is 11.6 Å². The van der Waals surface area contributed by atoms with Gasteiger partial charge in [0.15, 0.2) is 0 Å². The van der Waals surface area contributed by atoms with E-state index in [1.54, 1.807) is 20.3 Å². The first kappa shape index (κ1) is 7.85. The molecule has 3 nitrogen and oxygen atoms in total. The van der Waals surface area contributed by atoms with E-state index >= 15 is 0 Å². The zero-order valence-corrected chi connectivity index (χ0v) is 6.84. The highest BCUT2D eigenvalue weighted by atomic mass is 16.5. The molecule has 0 bridgehead atoms. The zero-order valence-electron chi connectivity index (χ0n) is 6.84. The second kappa shape index (κ2) is 3.23. The first-order valence-electron chi connectivity index (χ1n) is 3.25. The standard InChI is InChI=1S/C8H10NO2/c1-6-4-7(10-2)5-8(9-6)11-3/h4H,1-3H3. The third-order valence-corrected chi connectivity index (χ3v) is 1.26. The molecule has 59 valence electrons. The van der Waals surface area contributed by atoms with Crippen LogP contribution in [0.4, 0.5) is 0 Å². The molecule has 0 spiro atoms. The molecule has 0 aliphatic carbocycles. The van der Waals surface area contributed by atoms with E-state index in [1.165, 1.54) is 0 Å². The van der Waals surface area contributed by atoms with Crippen molar-refractivity contribution in [2.45, 2.75) is 6.92 Å². The second-order valence-corrected chi connectivity index (χ2v) is 2.10. The number of methoxy groups -OCH3 is 2. The molecule has 0 saturated carbocycles. The van der Waals surface area contributed by atoms with Crippen molar-refractivity contribution in [3.05, 3.63) is 17.8 Å². The van der Waals surface area contributed by atoms with Crippen molar-refractivity contribution in [2.24, 2.45) is 0 Å². The van der Waals surface area contributed by atoms with E-state index in [1.807, 2.05) is 6.92 Å². The molecule has 11 heavy (non-hydrogen) atoms. The van der Waals surface area contributed by atoms with Crippen LogP contribution in [-0.4, -0.2) is 19.2 Å². The van der Waals surface area contributed by atoms with Gasteiger partial charge in [0.25, 0.3) is 0 Å². The van der Waals surface area contributed by atoms with Crippen molar-refractivity contribution in [3.63, 3.8) is 0 Å². The molecule has 0 aliphatic rings. The van der Waals surface area contributed by atoms with Gasteiger partial charge in [0.2, 0.25) is 5.88 Å². The molecule has 0 aromatic carbocycles. The molecule has 1 aromatic rings. The Morgan fingerprint density at radius 2 is 2.09 bits per heavy atom. The van der Waals surface area contributed by atoms with Crippen LogP contribution in [-0.2, 0) is 0 Å². The van der Waals surface area contributed by atoms with Crippen molar-refractivity contribution in [2.75, 3.05) is 14.2 Å². The molecule has 0 fully saturated rings. The van der Waals surface area contributed by atoms with Crippen LogP contribution in [0.3, 0.4) is 0 Å². The number of rotatable bonds is 2. The Bertz CT molecular complexity index is 226. The molecule has 1 rings (SSSR count). The minimum atomic E-state index is 0.460. The van der Waals surface area contributed by atoms with Crippen LogP contribution >= 0.6 is 0 Å². The molecular weight excluding hydrogens is 142 g/mol. The fourth-order valence-corrected chi connectivity index (χ4v) is 0.758. The lowest BCUT2D eigenvalue weighted by Crippen LogP contribution is -1.92. The number of aromatic nitrogens is 1. The average Bonchev–Trinajstić information content (AvgIpc) is 2.03. The molecule has 0 atom stereocenters. The molecule has 0 aliphatic heterocycles. The number of hydrogen-bond donors (Lipinski definition) is 0. The summed E-state index contributed by atoms with van der Waals surface area (Å²) in [6, 6.07) is 4.62. The van der Waals surface area contributed by atoms with E-state index in [4.69, 9.17) is 9.47 Å². The Morgan fingerprint density at radius 1 is 1.36 bits per heavy atom. The maximum Gasteiger partial charge on any atom is 0.225 e. The Hall–Kier alpha value is -1.25. The van der Waals surface area contributed by atoms with E-state index < -0.39 is 0 Å². The summed E-state index contributed by atoms with van der Waals surface area (Å²) in [6.45, 7) is 1.87. The molecule has 1 aromatic heterocycles. The Labute approximate surface area is 66.0 Å². The van der Waals surface area contributed by atoms with Gasteiger partial charge in [0.1, 0.15) is 5.75 Å². The minimum Gasteiger partial charge on any atom is -0.496 e. The largest absolute Gasteiger partial charge is 0.496 e. The lowest BCUT2D eigenvalue weighted by Gasteiger charge is -2.02. The number of pyridine rings is 1. The molecular formula is C8H10NO2. The summed E-state index contributed by atoms with van der Waals surface area (Å²) in [7, 11) is 3.14. The van der Waals surface area contributed by atoms with Crippen molar-refractivity contribution in [1.29, 1.82) is 0 Å². The van der Waals surface area contributed by atoms with Crippen LogP contribution in [0.15, 0.2) is 6.07 Å². The number of aryl methyl sites for hydroxylation is 1. The Morgan fingerprint density at radius 3 is 2.64 bits per heavy atom. The predicted octanol–water partition coefficient (Wildman–Crippen LogP) is 1.21. The van der Waals surface area contributed by atoms with Gasteiger partial charge in [0, 0.05) is 11.8 Å². The first-order valence-corrected chi connectivity index (χ1v) is 3.25. The van der Waals surface area contributed by atoms with Gasteiger partial charge in [0.05, 0.1) is 20.3 Å². The Kier molecular flexibility index (Phi) is 2.31. The van der Waals surface area contributed by atoms with Crippen molar-refractivity contribution >= 4 is 0 Å². The van der Waals surface area contributed by atoms with Gasteiger partial charge < -0.3 is 9.47 Å². The smallest absolute Gasteiger partial charge is 0.225 e.